The zero-order valence-electron chi connectivity index (χ0n) is 42.7. The lowest BCUT2D eigenvalue weighted by Gasteiger charge is -2.21. The van der Waals surface area contributed by atoms with E-state index in [1.807, 2.05) is 0 Å². The van der Waals surface area contributed by atoms with E-state index in [-0.39, 0.29) is 19.3 Å². The number of aliphatic hydroxyl groups excluding tert-OH is 2. The van der Waals surface area contributed by atoms with Crippen molar-refractivity contribution in [3.8, 4) is 0 Å². The number of phosphoric acid groups is 2. The molecule has 404 valence electrons. The van der Waals surface area contributed by atoms with Crippen molar-refractivity contribution < 1.29 is 75.8 Å². The van der Waals surface area contributed by atoms with Crippen molar-refractivity contribution in [2.45, 2.75) is 232 Å². The number of unbranched alkanes of at least 4 members (excludes halogenated alkanes) is 21. The number of esters is 3. The molecule has 0 aliphatic rings. The first-order valence-corrected chi connectivity index (χ1v) is 29.3. The molecule has 0 spiro atoms. The van der Waals surface area contributed by atoms with Gasteiger partial charge in [-0.1, -0.05) is 154 Å². The molecule has 0 aliphatic heterocycles. The van der Waals surface area contributed by atoms with Gasteiger partial charge in [-0.25, -0.2) is 9.13 Å². The predicted molar refractivity (Wildman–Crippen MR) is 270 cm³/mol. The molecule has 5 atom stereocenters. The first-order valence-electron chi connectivity index (χ1n) is 26.3. The van der Waals surface area contributed by atoms with Crippen molar-refractivity contribution in [2.75, 3.05) is 39.6 Å². The molecule has 16 nitrogen and oxygen atoms in total. The van der Waals surface area contributed by atoms with Gasteiger partial charge in [0.2, 0.25) is 0 Å². The Kier molecular flexibility index (Phi) is 45.3. The van der Waals surface area contributed by atoms with Crippen LogP contribution in [0.15, 0.2) is 36.5 Å². The van der Waals surface area contributed by atoms with Crippen molar-refractivity contribution >= 4 is 33.6 Å². The first-order chi connectivity index (χ1) is 33.2. The van der Waals surface area contributed by atoms with Crippen LogP contribution in [0.25, 0.3) is 0 Å². The average molecular weight is 1030 g/mol. The second kappa shape index (κ2) is 46.8. The molecule has 0 bridgehead atoms. The lowest BCUT2D eigenvalue weighted by atomic mass is 10.1. The summed E-state index contributed by atoms with van der Waals surface area (Å²) in [5.41, 5.74) is 0. The quantitative estimate of drug-likeness (QED) is 0.0146. The summed E-state index contributed by atoms with van der Waals surface area (Å²) >= 11 is 0. The van der Waals surface area contributed by atoms with Crippen LogP contribution in [0.5, 0.6) is 0 Å². The number of allylic oxidation sites excluding steroid dienone is 6. The minimum Gasteiger partial charge on any atom is -0.463 e. The molecule has 0 radical (unpaired) electrons. The van der Waals surface area contributed by atoms with Crippen molar-refractivity contribution in [3.05, 3.63) is 36.5 Å². The summed E-state index contributed by atoms with van der Waals surface area (Å²) in [6.07, 6.45) is 36.8. The SMILES string of the molecule is CCCC/C=C\CCCCCCCC(=O)OCC(O)COP(=O)(O)OCC(O)COP(=O)(O)OCC(COC(=O)CCCCCCC/C=C\CCCC)OC(=O)CCCCCCC/C=C\CCCC. The molecule has 0 amide bonds. The third kappa shape index (κ3) is 47.8. The smallest absolute Gasteiger partial charge is 0.463 e. The van der Waals surface area contributed by atoms with E-state index in [0.717, 1.165) is 116 Å². The fraction of sp³-hybridized carbons (Fsp3) is 0.824. The average Bonchev–Trinajstić information content (AvgIpc) is 3.32. The third-order valence-electron chi connectivity index (χ3n) is 10.8. The monoisotopic (exact) mass is 1020 g/mol. The zero-order chi connectivity index (χ0) is 51.1. The van der Waals surface area contributed by atoms with Crippen LogP contribution in [-0.2, 0) is 55.8 Å². The summed E-state index contributed by atoms with van der Waals surface area (Å²) in [6.45, 7) is 2.47. The summed E-state index contributed by atoms with van der Waals surface area (Å²) < 4.78 is 60.2. The maximum Gasteiger partial charge on any atom is 0.472 e. The molecule has 0 aromatic heterocycles. The molecule has 69 heavy (non-hydrogen) atoms. The molecule has 0 aliphatic carbocycles. The largest absolute Gasteiger partial charge is 0.472 e. The highest BCUT2D eigenvalue weighted by Crippen LogP contribution is 2.45. The molecule has 0 saturated carbocycles. The first kappa shape index (κ1) is 66.8. The minimum absolute atomic E-state index is 0.0956. The van der Waals surface area contributed by atoms with Crippen LogP contribution in [-0.4, -0.2) is 95.9 Å². The lowest BCUT2D eigenvalue weighted by molar-refractivity contribution is -0.161. The molecule has 0 saturated heterocycles. The van der Waals surface area contributed by atoms with E-state index in [4.69, 9.17) is 32.3 Å². The number of ether oxygens (including phenoxy) is 3. The van der Waals surface area contributed by atoms with Crippen LogP contribution in [0.3, 0.4) is 0 Å². The number of hydrogen-bond acceptors (Lipinski definition) is 14. The number of phosphoric ester groups is 2. The van der Waals surface area contributed by atoms with Gasteiger partial charge < -0.3 is 34.2 Å². The fourth-order valence-electron chi connectivity index (χ4n) is 6.63. The standard InChI is InChI=1S/C51H94O16P2/c1-4-7-10-13-16-19-22-25-28-31-34-37-49(54)61-40-46(52)41-63-68(57,58)64-42-47(53)43-65-69(59,60)66-45-48(67-51(56)39-36-33-30-27-24-21-18-15-12-9-6-3)44-62-50(55)38-35-32-29-26-23-20-17-14-11-8-5-2/h13-18,46-48,52-53H,4-12,19-45H2,1-3H3,(H,57,58)(H,59,60)/b16-13-,17-14-,18-15-. The van der Waals surface area contributed by atoms with Gasteiger partial charge in [0.15, 0.2) is 6.10 Å². The highest BCUT2D eigenvalue weighted by atomic mass is 31.2. The van der Waals surface area contributed by atoms with Gasteiger partial charge in [-0.2, -0.15) is 0 Å². The van der Waals surface area contributed by atoms with Gasteiger partial charge in [0, 0.05) is 19.3 Å². The number of aliphatic hydroxyl groups is 2. The number of rotatable bonds is 50. The summed E-state index contributed by atoms with van der Waals surface area (Å²) in [5.74, 6) is -1.60. The van der Waals surface area contributed by atoms with E-state index in [1.165, 1.54) is 38.5 Å². The molecule has 0 rings (SSSR count). The predicted octanol–water partition coefficient (Wildman–Crippen LogP) is 12.4. The zero-order valence-corrected chi connectivity index (χ0v) is 44.5. The number of carbonyl (C=O) groups excluding carboxylic acids is 3. The number of hydrogen-bond donors (Lipinski definition) is 4. The van der Waals surface area contributed by atoms with Crippen LogP contribution >= 0.6 is 15.6 Å². The van der Waals surface area contributed by atoms with Gasteiger partial charge in [0.05, 0.1) is 26.4 Å². The van der Waals surface area contributed by atoms with Crippen LogP contribution in [0.2, 0.25) is 0 Å². The Morgan fingerprint density at radius 2 is 0.681 bits per heavy atom. The Hall–Kier alpha value is -2.23. The summed E-state index contributed by atoms with van der Waals surface area (Å²) in [4.78, 5) is 57.6. The van der Waals surface area contributed by atoms with Crippen molar-refractivity contribution in [1.82, 2.24) is 0 Å². The lowest BCUT2D eigenvalue weighted by Crippen LogP contribution is -2.30. The highest BCUT2D eigenvalue weighted by molar-refractivity contribution is 7.47. The molecule has 0 aromatic rings. The van der Waals surface area contributed by atoms with E-state index >= 15 is 0 Å². The van der Waals surface area contributed by atoms with Gasteiger partial charge >= 0.3 is 33.6 Å². The maximum atomic E-state index is 12.7. The topological polar surface area (TPSA) is 231 Å². The van der Waals surface area contributed by atoms with E-state index in [2.05, 4.69) is 57.2 Å². The molecule has 18 heteroatoms. The van der Waals surface area contributed by atoms with Crippen LogP contribution in [0.1, 0.15) is 213 Å². The Morgan fingerprint density at radius 1 is 0.391 bits per heavy atom. The van der Waals surface area contributed by atoms with Crippen LogP contribution in [0, 0.1) is 0 Å². The molecular formula is C51H94O16P2. The van der Waals surface area contributed by atoms with Gasteiger partial charge in [-0.15, -0.1) is 0 Å². The molecule has 4 N–H and O–H groups in total. The maximum absolute atomic E-state index is 12.7. The van der Waals surface area contributed by atoms with Gasteiger partial charge in [0.1, 0.15) is 25.4 Å². The molecule has 0 aromatic carbocycles. The van der Waals surface area contributed by atoms with Crippen molar-refractivity contribution in [3.63, 3.8) is 0 Å². The molecule has 0 heterocycles. The summed E-state index contributed by atoms with van der Waals surface area (Å²) in [7, 11) is -9.73. The van der Waals surface area contributed by atoms with Gasteiger partial charge in [-0.05, 0) is 77.0 Å². The normalized spacial score (nSPS) is 15.1. The molecular weight excluding hydrogens is 930 g/mol. The van der Waals surface area contributed by atoms with Gasteiger partial charge in [0.25, 0.3) is 0 Å². The molecule has 5 unspecified atom stereocenters. The second-order valence-electron chi connectivity index (χ2n) is 17.7. The Labute approximate surface area is 415 Å². The summed E-state index contributed by atoms with van der Waals surface area (Å²) in [6, 6.07) is 0. The van der Waals surface area contributed by atoms with Gasteiger partial charge in [-0.3, -0.25) is 32.5 Å². The molecule has 0 fully saturated rings. The fourth-order valence-corrected chi connectivity index (χ4v) is 8.21. The van der Waals surface area contributed by atoms with Crippen molar-refractivity contribution in [2.24, 2.45) is 0 Å². The van der Waals surface area contributed by atoms with E-state index in [9.17, 15) is 43.5 Å². The van der Waals surface area contributed by atoms with E-state index in [1.54, 1.807) is 0 Å². The van der Waals surface area contributed by atoms with E-state index in [0.29, 0.717) is 19.3 Å². The Morgan fingerprint density at radius 3 is 1.06 bits per heavy atom. The summed E-state index contributed by atoms with van der Waals surface area (Å²) in [5, 5.41) is 20.3. The number of carbonyl (C=O) groups is 3. The second-order valence-corrected chi connectivity index (χ2v) is 20.6. The minimum atomic E-state index is -4.90. The van der Waals surface area contributed by atoms with Crippen LogP contribution in [0.4, 0.5) is 0 Å². The van der Waals surface area contributed by atoms with Crippen LogP contribution < -0.4 is 0 Å². The Bertz CT molecular complexity index is 1440. The van der Waals surface area contributed by atoms with E-state index < -0.39 is 91.5 Å². The third-order valence-corrected chi connectivity index (χ3v) is 12.7. The van der Waals surface area contributed by atoms with Crippen molar-refractivity contribution in [1.29, 1.82) is 0 Å². The highest BCUT2D eigenvalue weighted by Gasteiger charge is 2.29. The Balaban J connectivity index is 4.72.